The first-order chi connectivity index (χ1) is 11.5. The van der Waals surface area contributed by atoms with Crippen molar-refractivity contribution in [3.63, 3.8) is 0 Å². The summed E-state index contributed by atoms with van der Waals surface area (Å²) in [7, 11) is 0. The van der Waals surface area contributed by atoms with Crippen LogP contribution in [0.5, 0.6) is 5.75 Å². The minimum absolute atomic E-state index is 0.0352. The second-order valence-corrected chi connectivity index (χ2v) is 6.11. The molecule has 0 aliphatic carbocycles. The van der Waals surface area contributed by atoms with E-state index < -0.39 is 0 Å². The van der Waals surface area contributed by atoms with Crippen molar-refractivity contribution in [3.05, 3.63) is 65.2 Å². The Hall–Kier alpha value is -2.33. The van der Waals surface area contributed by atoms with E-state index in [0.717, 1.165) is 24.4 Å². The lowest BCUT2D eigenvalue weighted by molar-refractivity contribution is 0.0954. The molecule has 2 aromatic carbocycles. The molecule has 0 aliphatic heterocycles. The second kappa shape index (κ2) is 9.08. The zero-order valence-electron chi connectivity index (χ0n) is 14.6. The van der Waals surface area contributed by atoms with Gasteiger partial charge in [0.25, 0.3) is 5.91 Å². The summed E-state index contributed by atoms with van der Waals surface area (Å²) in [5, 5.41) is 6.24. The fourth-order valence-corrected chi connectivity index (χ4v) is 2.26. The summed E-state index contributed by atoms with van der Waals surface area (Å²) in [6, 6.07) is 15.6. The van der Waals surface area contributed by atoms with Crippen LogP contribution < -0.4 is 15.4 Å². The predicted octanol–water partition coefficient (Wildman–Crippen LogP) is 3.30. The fourth-order valence-electron chi connectivity index (χ4n) is 2.26. The van der Waals surface area contributed by atoms with Gasteiger partial charge in [-0.25, -0.2) is 0 Å². The molecule has 1 amide bonds. The van der Waals surface area contributed by atoms with Crippen molar-refractivity contribution in [2.45, 2.75) is 33.4 Å². The molecule has 0 unspecified atom stereocenters. The SMILES string of the molecule is Cc1ccc(C(=O)NCCNCc2ccc(OC(C)C)cc2)cc1. The Balaban J connectivity index is 1.66. The molecule has 4 nitrogen and oxygen atoms in total. The van der Waals surface area contributed by atoms with E-state index in [2.05, 4.69) is 22.8 Å². The largest absolute Gasteiger partial charge is 0.491 e. The highest BCUT2D eigenvalue weighted by atomic mass is 16.5. The Morgan fingerprint density at radius 2 is 1.67 bits per heavy atom. The predicted molar refractivity (Wildman–Crippen MR) is 97.4 cm³/mol. The minimum Gasteiger partial charge on any atom is -0.491 e. The Morgan fingerprint density at radius 3 is 2.29 bits per heavy atom. The molecule has 4 heteroatoms. The average molecular weight is 326 g/mol. The van der Waals surface area contributed by atoms with Gasteiger partial charge in [-0.05, 0) is 50.6 Å². The fraction of sp³-hybridized carbons (Fsp3) is 0.350. The van der Waals surface area contributed by atoms with E-state index in [-0.39, 0.29) is 12.0 Å². The van der Waals surface area contributed by atoms with Crippen molar-refractivity contribution < 1.29 is 9.53 Å². The van der Waals surface area contributed by atoms with Crippen molar-refractivity contribution in [3.8, 4) is 5.75 Å². The van der Waals surface area contributed by atoms with Crippen LogP contribution >= 0.6 is 0 Å². The van der Waals surface area contributed by atoms with Gasteiger partial charge in [0.2, 0.25) is 0 Å². The highest BCUT2D eigenvalue weighted by Gasteiger charge is 2.03. The maximum Gasteiger partial charge on any atom is 0.251 e. The van der Waals surface area contributed by atoms with Crippen LogP contribution in [0.3, 0.4) is 0 Å². The van der Waals surface area contributed by atoms with Crippen LogP contribution in [0, 0.1) is 6.92 Å². The molecule has 2 N–H and O–H groups in total. The molecular formula is C20H26N2O2. The first-order valence-corrected chi connectivity index (χ1v) is 8.36. The van der Waals surface area contributed by atoms with E-state index in [9.17, 15) is 4.79 Å². The third-order valence-corrected chi connectivity index (χ3v) is 3.53. The minimum atomic E-state index is -0.0352. The molecule has 0 saturated carbocycles. The molecule has 0 atom stereocenters. The van der Waals surface area contributed by atoms with Crippen molar-refractivity contribution in [2.75, 3.05) is 13.1 Å². The number of rotatable bonds is 8. The number of hydrogen-bond donors (Lipinski definition) is 2. The van der Waals surface area contributed by atoms with Crippen molar-refractivity contribution in [1.82, 2.24) is 10.6 Å². The summed E-state index contributed by atoms with van der Waals surface area (Å²) in [5.41, 5.74) is 3.04. The molecule has 0 spiro atoms. The highest BCUT2D eigenvalue weighted by molar-refractivity contribution is 5.94. The van der Waals surface area contributed by atoms with Gasteiger partial charge < -0.3 is 15.4 Å². The molecule has 0 aliphatic rings. The third kappa shape index (κ3) is 6.05. The van der Waals surface area contributed by atoms with Crippen LogP contribution in [0.4, 0.5) is 0 Å². The van der Waals surface area contributed by atoms with Crippen molar-refractivity contribution >= 4 is 5.91 Å². The van der Waals surface area contributed by atoms with E-state index in [0.29, 0.717) is 12.1 Å². The van der Waals surface area contributed by atoms with Gasteiger partial charge in [-0.3, -0.25) is 4.79 Å². The van der Waals surface area contributed by atoms with Gasteiger partial charge in [-0.2, -0.15) is 0 Å². The number of benzene rings is 2. The standard InChI is InChI=1S/C20H26N2O2/c1-15(2)24-19-10-6-17(7-11-19)14-21-12-13-22-20(23)18-8-4-16(3)5-9-18/h4-11,15,21H,12-14H2,1-3H3,(H,22,23). The molecule has 0 aromatic heterocycles. The van der Waals surface area contributed by atoms with Crippen molar-refractivity contribution in [1.29, 1.82) is 0 Å². The molecule has 24 heavy (non-hydrogen) atoms. The number of carbonyl (C=O) groups excluding carboxylic acids is 1. The second-order valence-electron chi connectivity index (χ2n) is 6.11. The van der Waals surface area contributed by atoms with E-state index >= 15 is 0 Å². The van der Waals surface area contributed by atoms with E-state index in [4.69, 9.17) is 4.74 Å². The number of ether oxygens (including phenoxy) is 1. The van der Waals surface area contributed by atoms with Crippen LogP contribution in [0.15, 0.2) is 48.5 Å². The first kappa shape index (κ1) is 18.0. The van der Waals surface area contributed by atoms with Crippen LogP contribution in [0.25, 0.3) is 0 Å². The zero-order chi connectivity index (χ0) is 17.4. The maximum atomic E-state index is 12.0. The number of nitrogens with one attached hydrogen (secondary N) is 2. The molecule has 0 saturated heterocycles. The Labute approximate surface area is 144 Å². The molecule has 0 heterocycles. The molecule has 128 valence electrons. The van der Waals surface area contributed by atoms with Gasteiger partial charge in [0, 0.05) is 25.2 Å². The van der Waals surface area contributed by atoms with E-state index in [1.165, 1.54) is 5.56 Å². The monoisotopic (exact) mass is 326 g/mol. The van der Waals surface area contributed by atoms with Crippen LogP contribution in [-0.4, -0.2) is 25.1 Å². The molecule has 0 fully saturated rings. The Kier molecular flexibility index (Phi) is 6.82. The number of amides is 1. The van der Waals surface area contributed by atoms with Gasteiger partial charge in [0.15, 0.2) is 0 Å². The number of carbonyl (C=O) groups is 1. The van der Waals surface area contributed by atoms with Crippen LogP contribution in [0.2, 0.25) is 0 Å². The normalized spacial score (nSPS) is 10.7. The summed E-state index contributed by atoms with van der Waals surface area (Å²) in [5.74, 6) is 0.853. The van der Waals surface area contributed by atoms with Crippen molar-refractivity contribution in [2.24, 2.45) is 0 Å². The van der Waals surface area contributed by atoms with Gasteiger partial charge in [0.1, 0.15) is 5.75 Å². The highest BCUT2D eigenvalue weighted by Crippen LogP contribution is 2.13. The van der Waals surface area contributed by atoms with Gasteiger partial charge in [-0.1, -0.05) is 29.8 Å². The van der Waals surface area contributed by atoms with E-state index in [1.807, 2.05) is 57.2 Å². The van der Waals surface area contributed by atoms with Gasteiger partial charge >= 0.3 is 0 Å². The van der Waals surface area contributed by atoms with Gasteiger partial charge in [-0.15, -0.1) is 0 Å². The van der Waals surface area contributed by atoms with E-state index in [1.54, 1.807) is 0 Å². The third-order valence-electron chi connectivity index (χ3n) is 3.53. The summed E-state index contributed by atoms with van der Waals surface area (Å²) < 4.78 is 5.62. The molecular weight excluding hydrogens is 300 g/mol. The summed E-state index contributed by atoms with van der Waals surface area (Å²) in [6.45, 7) is 8.12. The number of aryl methyl sites for hydroxylation is 1. The lowest BCUT2D eigenvalue weighted by atomic mass is 10.1. The zero-order valence-corrected chi connectivity index (χ0v) is 14.6. The molecule has 0 bridgehead atoms. The summed E-state index contributed by atoms with van der Waals surface area (Å²) in [4.78, 5) is 12.0. The molecule has 2 rings (SSSR count). The lowest BCUT2D eigenvalue weighted by Crippen LogP contribution is -2.31. The Bertz CT molecular complexity index is 634. The quantitative estimate of drug-likeness (QED) is 0.732. The summed E-state index contributed by atoms with van der Waals surface area (Å²) >= 11 is 0. The van der Waals surface area contributed by atoms with Crippen LogP contribution in [0.1, 0.15) is 35.3 Å². The molecule has 0 radical (unpaired) electrons. The topological polar surface area (TPSA) is 50.4 Å². The van der Waals surface area contributed by atoms with Gasteiger partial charge in [0.05, 0.1) is 6.10 Å². The first-order valence-electron chi connectivity index (χ1n) is 8.36. The smallest absolute Gasteiger partial charge is 0.251 e. The average Bonchev–Trinajstić information content (AvgIpc) is 2.56. The lowest BCUT2D eigenvalue weighted by Gasteiger charge is -2.10. The Morgan fingerprint density at radius 1 is 1.00 bits per heavy atom. The number of hydrogen-bond acceptors (Lipinski definition) is 3. The molecule has 2 aromatic rings. The maximum absolute atomic E-state index is 12.0. The summed E-state index contributed by atoms with van der Waals surface area (Å²) in [6.07, 6.45) is 0.186. The van der Waals surface area contributed by atoms with Crippen LogP contribution in [-0.2, 0) is 6.54 Å².